The summed E-state index contributed by atoms with van der Waals surface area (Å²) in [7, 11) is 1.50. The second-order valence-corrected chi connectivity index (χ2v) is 8.92. The summed E-state index contributed by atoms with van der Waals surface area (Å²) in [6.45, 7) is 1.25. The molecule has 1 aliphatic heterocycles. The van der Waals surface area contributed by atoms with Crippen molar-refractivity contribution < 1.29 is 22.8 Å². The van der Waals surface area contributed by atoms with Crippen LogP contribution in [0.1, 0.15) is 5.56 Å². The van der Waals surface area contributed by atoms with Gasteiger partial charge < -0.3 is 19.3 Å². The topological polar surface area (TPSA) is 114 Å². The number of nitrogens with zero attached hydrogens (tertiary/aromatic N) is 3. The first-order valence-electron chi connectivity index (χ1n) is 9.20. The van der Waals surface area contributed by atoms with Crippen molar-refractivity contribution in [3.63, 3.8) is 0 Å². The van der Waals surface area contributed by atoms with Crippen LogP contribution in [0.2, 0.25) is 0 Å². The van der Waals surface area contributed by atoms with Crippen LogP contribution in [0.15, 0.2) is 41.3 Å². The van der Waals surface area contributed by atoms with Crippen LogP contribution >= 0.6 is 0 Å². The smallest absolute Gasteiger partial charge is 0.293 e. The third kappa shape index (κ3) is 4.99. The zero-order valence-corrected chi connectivity index (χ0v) is 17.8. The molecule has 0 radical (unpaired) electrons. The highest BCUT2D eigenvalue weighted by molar-refractivity contribution is 7.89. The van der Waals surface area contributed by atoms with E-state index >= 15 is 0 Å². The van der Waals surface area contributed by atoms with Gasteiger partial charge in [0, 0.05) is 32.7 Å². The van der Waals surface area contributed by atoms with E-state index in [0.29, 0.717) is 30.3 Å². The molecule has 1 heterocycles. The Morgan fingerprint density at radius 1 is 1.10 bits per heavy atom. The number of hydrogen-bond acceptors (Lipinski definition) is 8. The Hall–Kier alpha value is -2.89. The van der Waals surface area contributed by atoms with Crippen molar-refractivity contribution in [2.24, 2.45) is 0 Å². The Balaban J connectivity index is 1.81. The van der Waals surface area contributed by atoms with Crippen LogP contribution in [0.25, 0.3) is 0 Å². The molecule has 10 nitrogen and oxygen atoms in total. The van der Waals surface area contributed by atoms with Crippen LogP contribution in [0, 0.1) is 10.1 Å². The molecule has 0 unspecified atom stereocenters. The van der Waals surface area contributed by atoms with Crippen LogP contribution in [0.3, 0.4) is 0 Å². The predicted octanol–water partition coefficient (Wildman–Crippen LogP) is 1.80. The lowest BCUT2D eigenvalue weighted by Crippen LogP contribution is -2.31. The van der Waals surface area contributed by atoms with E-state index in [9.17, 15) is 18.5 Å². The molecule has 11 heteroatoms. The molecule has 3 rings (SSSR count). The maximum atomic E-state index is 12.5. The van der Waals surface area contributed by atoms with Gasteiger partial charge in [-0.3, -0.25) is 10.1 Å². The van der Waals surface area contributed by atoms with Gasteiger partial charge in [-0.1, -0.05) is 6.07 Å². The van der Waals surface area contributed by atoms with Crippen molar-refractivity contribution in [1.29, 1.82) is 0 Å². The summed E-state index contributed by atoms with van der Waals surface area (Å²) in [4.78, 5) is 14.4. The van der Waals surface area contributed by atoms with E-state index in [1.54, 1.807) is 18.0 Å². The standard InChI is InChI=1S/C19H24N4O6S/c1-21(2)9-8-20-30(26,27)15-5-6-16(17(11-15)23(24)25)22(3)12-14-4-7-18-19(10-14)29-13-28-18/h4-7,10-11,20H,8-9,12-13H2,1-3H3. The van der Waals surface area contributed by atoms with Gasteiger partial charge in [0.2, 0.25) is 16.8 Å². The third-order valence-corrected chi connectivity index (χ3v) is 6.03. The minimum Gasteiger partial charge on any atom is -0.454 e. The SMILES string of the molecule is CN(C)CCNS(=O)(=O)c1ccc(N(C)Cc2ccc3c(c2)OCO3)c([N+](=O)[O-])c1. The molecule has 2 aromatic carbocycles. The molecule has 0 atom stereocenters. The van der Waals surface area contributed by atoms with Gasteiger partial charge in [0.25, 0.3) is 5.69 Å². The molecule has 30 heavy (non-hydrogen) atoms. The zero-order chi connectivity index (χ0) is 21.9. The molecule has 0 aliphatic carbocycles. The predicted molar refractivity (Wildman–Crippen MR) is 112 cm³/mol. The van der Waals surface area contributed by atoms with E-state index in [-0.39, 0.29) is 23.9 Å². The number of nitro groups is 1. The van der Waals surface area contributed by atoms with Crippen molar-refractivity contribution in [1.82, 2.24) is 9.62 Å². The average Bonchev–Trinajstić information content (AvgIpc) is 3.14. The van der Waals surface area contributed by atoms with Gasteiger partial charge in [-0.25, -0.2) is 13.1 Å². The van der Waals surface area contributed by atoms with Gasteiger partial charge in [0.1, 0.15) is 5.69 Å². The first-order valence-corrected chi connectivity index (χ1v) is 10.7. The Labute approximate surface area is 175 Å². The highest BCUT2D eigenvalue weighted by Gasteiger charge is 2.23. The van der Waals surface area contributed by atoms with E-state index in [4.69, 9.17) is 9.47 Å². The number of ether oxygens (including phenoxy) is 2. The third-order valence-electron chi connectivity index (χ3n) is 4.57. The molecule has 0 saturated carbocycles. The summed E-state index contributed by atoms with van der Waals surface area (Å²) in [5, 5.41) is 11.6. The highest BCUT2D eigenvalue weighted by Crippen LogP contribution is 2.34. The van der Waals surface area contributed by atoms with E-state index in [1.807, 2.05) is 31.1 Å². The summed E-state index contributed by atoms with van der Waals surface area (Å²) < 4.78 is 38.1. The summed E-state index contributed by atoms with van der Waals surface area (Å²) in [5.74, 6) is 1.28. The summed E-state index contributed by atoms with van der Waals surface area (Å²) in [6, 6.07) is 9.36. The molecule has 0 aromatic heterocycles. The minimum absolute atomic E-state index is 0.145. The number of rotatable bonds is 9. The molecule has 0 amide bonds. The zero-order valence-electron chi connectivity index (χ0n) is 17.0. The molecule has 1 N–H and O–H groups in total. The first-order chi connectivity index (χ1) is 14.2. The van der Waals surface area contributed by atoms with Crippen molar-refractivity contribution in [3.05, 3.63) is 52.1 Å². The van der Waals surface area contributed by atoms with Crippen molar-refractivity contribution in [3.8, 4) is 11.5 Å². The molecule has 162 valence electrons. The maximum Gasteiger partial charge on any atom is 0.293 e. The molecule has 0 spiro atoms. The fraction of sp³-hybridized carbons (Fsp3) is 0.368. The second kappa shape index (κ2) is 8.86. The fourth-order valence-electron chi connectivity index (χ4n) is 3.02. The van der Waals surface area contributed by atoms with E-state index in [0.717, 1.165) is 11.6 Å². The van der Waals surface area contributed by atoms with Gasteiger partial charge in [-0.2, -0.15) is 0 Å². The summed E-state index contributed by atoms with van der Waals surface area (Å²) in [6.07, 6.45) is 0. The van der Waals surface area contributed by atoms with Gasteiger partial charge in [-0.05, 0) is 43.9 Å². The van der Waals surface area contributed by atoms with Crippen LogP contribution in [-0.4, -0.2) is 59.3 Å². The Morgan fingerprint density at radius 3 is 2.53 bits per heavy atom. The lowest BCUT2D eigenvalue weighted by molar-refractivity contribution is -0.384. The van der Waals surface area contributed by atoms with E-state index in [2.05, 4.69) is 4.72 Å². The lowest BCUT2D eigenvalue weighted by atomic mass is 10.1. The largest absolute Gasteiger partial charge is 0.454 e. The van der Waals surface area contributed by atoms with Crippen LogP contribution in [-0.2, 0) is 16.6 Å². The highest BCUT2D eigenvalue weighted by atomic mass is 32.2. The summed E-state index contributed by atoms with van der Waals surface area (Å²) in [5.41, 5.74) is 0.900. The Bertz CT molecular complexity index is 1040. The number of nitro benzene ring substituents is 1. The van der Waals surface area contributed by atoms with Crippen LogP contribution in [0.4, 0.5) is 11.4 Å². The average molecular weight is 436 g/mol. The molecule has 0 bridgehead atoms. The number of sulfonamides is 1. The van der Waals surface area contributed by atoms with Crippen molar-refractivity contribution in [2.75, 3.05) is 45.9 Å². The van der Waals surface area contributed by atoms with Gasteiger partial charge >= 0.3 is 0 Å². The number of anilines is 1. The molecule has 1 aliphatic rings. The van der Waals surface area contributed by atoms with E-state index in [1.165, 1.54) is 12.1 Å². The fourth-order valence-corrected chi connectivity index (χ4v) is 4.07. The monoisotopic (exact) mass is 436 g/mol. The van der Waals surface area contributed by atoms with Gasteiger partial charge in [0.05, 0.1) is 9.82 Å². The Kier molecular flexibility index (Phi) is 6.44. The number of hydrogen-bond donors (Lipinski definition) is 1. The number of fused-ring (bicyclic) bond motifs is 1. The van der Waals surface area contributed by atoms with Crippen LogP contribution in [0.5, 0.6) is 11.5 Å². The van der Waals surface area contributed by atoms with Gasteiger partial charge in [0.15, 0.2) is 11.5 Å². The lowest BCUT2D eigenvalue weighted by Gasteiger charge is -2.20. The molecular formula is C19H24N4O6S. The van der Waals surface area contributed by atoms with Crippen molar-refractivity contribution >= 4 is 21.4 Å². The summed E-state index contributed by atoms with van der Waals surface area (Å²) >= 11 is 0. The molecule has 0 fully saturated rings. The molecule has 2 aromatic rings. The van der Waals surface area contributed by atoms with Gasteiger partial charge in [-0.15, -0.1) is 0 Å². The molecule has 0 saturated heterocycles. The number of benzene rings is 2. The Morgan fingerprint density at radius 2 is 1.83 bits per heavy atom. The normalized spacial score (nSPS) is 12.9. The number of nitrogens with one attached hydrogen (secondary N) is 1. The quantitative estimate of drug-likeness (QED) is 0.468. The minimum atomic E-state index is -3.85. The molecular weight excluding hydrogens is 412 g/mol. The maximum absolute atomic E-state index is 12.5. The van der Waals surface area contributed by atoms with E-state index < -0.39 is 14.9 Å². The number of likely N-dealkylation sites (N-methyl/N-ethyl adjacent to an activating group) is 1. The second-order valence-electron chi connectivity index (χ2n) is 7.15. The van der Waals surface area contributed by atoms with Crippen LogP contribution < -0.4 is 19.1 Å². The first kappa shape index (κ1) is 21.8. The van der Waals surface area contributed by atoms with Crippen molar-refractivity contribution in [2.45, 2.75) is 11.4 Å².